The average molecular weight is 440 g/mol. The summed E-state index contributed by atoms with van der Waals surface area (Å²) < 4.78 is 30.3. The van der Waals surface area contributed by atoms with Crippen molar-refractivity contribution in [3.05, 3.63) is 52.5 Å². The van der Waals surface area contributed by atoms with Gasteiger partial charge in [-0.15, -0.1) is 0 Å². The summed E-state index contributed by atoms with van der Waals surface area (Å²) in [5.41, 5.74) is 1.56. The zero-order valence-electron chi connectivity index (χ0n) is 13.2. The molecular formula is C17H14BrNO4S2. The van der Waals surface area contributed by atoms with Crippen LogP contribution in [0.3, 0.4) is 0 Å². The van der Waals surface area contributed by atoms with Crippen molar-refractivity contribution in [2.45, 2.75) is 17.0 Å². The molecule has 1 aromatic heterocycles. The first-order valence-corrected chi connectivity index (χ1v) is 10.9. The van der Waals surface area contributed by atoms with Gasteiger partial charge >= 0.3 is 0 Å². The summed E-state index contributed by atoms with van der Waals surface area (Å²) >= 11 is 4.52. The Labute approximate surface area is 157 Å². The number of thioether (sulfide) groups is 1. The average Bonchev–Trinajstić information content (AvgIpc) is 3.01. The van der Waals surface area contributed by atoms with Crippen LogP contribution in [0.1, 0.15) is 17.3 Å². The molecule has 3 aromatic rings. The predicted molar refractivity (Wildman–Crippen MR) is 101 cm³/mol. The van der Waals surface area contributed by atoms with Crippen molar-refractivity contribution >= 4 is 54.4 Å². The van der Waals surface area contributed by atoms with E-state index in [4.69, 9.17) is 4.42 Å². The second-order valence-electron chi connectivity index (χ2n) is 5.23. The second kappa shape index (κ2) is 7.31. The van der Waals surface area contributed by atoms with Gasteiger partial charge in [-0.3, -0.25) is 4.79 Å². The first-order chi connectivity index (χ1) is 11.9. The van der Waals surface area contributed by atoms with Gasteiger partial charge in [0.25, 0.3) is 5.22 Å². The summed E-state index contributed by atoms with van der Waals surface area (Å²) in [5.74, 6) is 0.172. The number of rotatable bonds is 6. The first kappa shape index (κ1) is 18.2. The van der Waals surface area contributed by atoms with Gasteiger partial charge in [0.2, 0.25) is 0 Å². The van der Waals surface area contributed by atoms with Crippen molar-refractivity contribution in [1.82, 2.24) is 4.98 Å². The Kier molecular flexibility index (Phi) is 5.31. The first-order valence-electron chi connectivity index (χ1n) is 7.44. The number of ketones is 1. The summed E-state index contributed by atoms with van der Waals surface area (Å²) in [6.07, 6.45) is 0. The van der Waals surface area contributed by atoms with Crippen LogP contribution < -0.4 is 0 Å². The highest BCUT2D eigenvalue weighted by atomic mass is 79.9. The minimum atomic E-state index is -3.29. The van der Waals surface area contributed by atoms with E-state index in [9.17, 15) is 13.2 Å². The van der Waals surface area contributed by atoms with E-state index in [2.05, 4.69) is 20.9 Å². The number of hydrogen-bond donors (Lipinski definition) is 0. The van der Waals surface area contributed by atoms with Gasteiger partial charge in [0.15, 0.2) is 21.2 Å². The molecule has 25 heavy (non-hydrogen) atoms. The Morgan fingerprint density at radius 3 is 2.76 bits per heavy atom. The lowest BCUT2D eigenvalue weighted by atomic mass is 10.2. The molecule has 2 aromatic carbocycles. The van der Waals surface area contributed by atoms with Crippen molar-refractivity contribution in [2.75, 3.05) is 11.5 Å². The van der Waals surface area contributed by atoms with E-state index in [0.29, 0.717) is 21.9 Å². The van der Waals surface area contributed by atoms with Gasteiger partial charge < -0.3 is 4.42 Å². The Balaban J connectivity index is 1.77. The number of halogens is 1. The van der Waals surface area contributed by atoms with Crippen LogP contribution in [0.5, 0.6) is 0 Å². The fourth-order valence-corrected chi connectivity index (χ4v) is 4.21. The quantitative estimate of drug-likeness (QED) is 0.419. The molecule has 0 spiro atoms. The van der Waals surface area contributed by atoms with Gasteiger partial charge in [-0.1, -0.05) is 46.7 Å². The van der Waals surface area contributed by atoms with Crippen LogP contribution >= 0.6 is 27.7 Å². The molecule has 0 aliphatic rings. The molecule has 0 saturated carbocycles. The van der Waals surface area contributed by atoms with E-state index in [1.165, 1.54) is 23.9 Å². The molecule has 0 saturated heterocycles. The third-order valence-electron chi connectivity index (χ3n) is 3.55. The SMILES string of the molecule is CCS(=O)(=O)c1ccc2oc(SCC(=O)c3cccc(Br)c3)nc2c1. The van der Waals surface area contributed by atoms with Gasteiger partial charge in [0, 0.05) is 10.0 Å². The normalized spacial score (nSPS) is 11.8. The van der Waals surface area contributed by atoms with Crippen LogP contribution in [-0.4, -0.2) is 30.7 Å². The molecule has 1 heterocycles. The highest BCUT2D eigenvalue weighted by Gasteiger charge is 2.15. The Morgan fingerprint density at radius 1 is 1.24 bits per heavy atom. The van der Waals surface area contributed by atoms with E-state index in [-0.39, 0.29) is 22.2 Å². The van der Waals surface area contributed by atoms with Gasteiger partial charge in [0.05, 0.1) is 16.4 Å². The van der Waals surface area contributed by atoms with E-state index in [0.717, 1.165) is 4.47 Å². The maximum Gasteiger partial charge on any atom is 0.257 e. The molecule has 0 radical (unpaired) electrons. The molecule has 5 nitrogen and oxygen atoms in total. The lowest BCUT2D eigenvalue weighted by Crippen LogP contribution is -2.03. The molecule has 130 valence electrons. The van der Waals surface area contributed by atoms with Crippen molar-refractivity contribution in [3.8, 4) is 0 Å². The number of carbonyl (C=O) groups excluding carboxylic acids is 1. The number of Topliss-reactive ketones (excluding diaryl/α,β-unsaturated/α-hetero) is 1. The highest BCUT2D eigenvalue weighted by molar-refractivity contribution is 9.10. The van der Waals surface area contributed by atoms with Gasteiger partial charge in [-0.2, -0.15) is 0 Å². The maximum atomic E-state index is 12.2. The number of aromatic nitrogens is 1. The molecule has 3 rings (SSSR count). The fourth-order valence-electron chi connectivity index (χ4n) is 2.18. The number of carbonyl (C=O) groups is 1. The van der Waals surface area contributed by atoms with Gasteiger partial charge in [0.1, 0.15) is 5.52 Å². The van der Waals surface area contributed by atoms with Crippen molar-refractivity contribution in [2.24, 2.45) is 0 Å². The Bertz CT molecular complexity index is 1040. The highest BCUT2D eigenvalue weighted by Crippen LogP contribution is 2.26. The predicted octanol–water partition coefficient (Wildman–Crippen LogP) is 4.36. The second-order valence-corrected chi connectivity index (χ2v) is 9.36. The van der Waals surface area contributed by atoms with Crippen molar-refractivity contribution < 1.29 is 17.6 Å². The van der Waals surface area contributed by atoms with E-state index in [1.807, 2.05) is 6.07 Å². The zero-order chi connectivity index (χ0) is 18.0. The number of sulfone groups is 1. The lowest BCUT2D eigenvalue weighted by molar-refractivity contribution is 0.102. The smallest absolute Gasteiger partial charge is 0.257 e. The maximum absolute atomic E-state index is 12.2. The van der Waals surface area contributed by atoms with Crippen LogP contribution in [0.15, 0.2) is 61.5 Å². The molecule has 0 aliphatic carbocycles. The Hall–Kier alpha value is -1.64. The van der Waals surface area contributed by atoms with Crippen molar-refractivity contribution in [1.29, 1.82) is 0 Å². The minimum Gasteiger partial charge on any atom is -0.431 e. The molecule has 0 atom stereocenters. The molecular weight excluding hydrogens is 426 g/mol. The number of hydrogen-bond acceptors (Lipinski definition) is 6. The van der Waals surface area contributed by atoms with E-state index < -0.39 is 9.84 Å². The monoisotopic (exact) mass is 439 g/mol. The molecule has 0 amide bonds. The number of oxazole rings is 1. The molecule has 8 heteroatoms. The van der Waals surface area contributed by atoms with Crippen LogP contribution in [0.4, 0.5) is 0 Å². The number of benzene rings is 2. The van der Waals surface area contributed by atoms with Crippen molar-refractivity contribution in [3.63, 3.8) is 0 Å². The third kappa shape index (κ3) is 4.13. The summed E-state index contributed by atoms with van der Waals surface area (Å²) in [6.45, 7) is 1.59. The minimum absolute atomic E-state index is 0.0269. The van der Waals surface area contributed by atoms with Gasteiger partial charge in [-0.05, 0) is 30.3 Å². The standard InChI is InChI=1S/C17H14BrNO4S2/c1-2-25(21,22)13-6-7-16-14(9-13)19-17(23-16)24-10-15(20)11-4-3-5-12(18)8-11/h3-9H,2,10H2,1H3. The summed E-state index contributed by atoms with van der Waals surface area (Å²) in [6, 6.07) is 11.8. The lowest BCUT2D eigenvalue weighted by Gasteiger charge is -1.99. The number of fused-ring (bicyclic) bond motifs is 1. The molecule has 0 fully saturated rings. The van der Waals surface area contributed by atoms with E-state index in [1.54, 1.807) is 31.2 Å². The summed E-state index contributed by atoms with van der Waals surface area (Å²) in [5, 5.41) is 0.337. The van der Waals surface area contributed by atoms with Crippen LogP contribution in [-0.2, 0) is 9.84 Å². The number of nitrogens with zero attached hydrogens (tertiary/aromatic N) is 1. The van der Waals surface area contributed by atoms with Crippen LogP contribution in [0.2, 0.25) is 0 Å². The fraction of sp³-hybridized carbons (Fsp3) is 0.176. The molecule has 0 bridgehead atoms. The summed E-state index contributed by atoms with van der Waals surface area (Å²) in [7, 11) is -3.29. The zero-order valence-corrected chi connectivity index (χ0v) is 16.4. The molecule has 0 aliphatic heterocycles. The third-order valence-corrected chi connectivity index (χ3v) is 6.61. The topological polar surface area (TPSA) is 77.2 Å². The Morgan fingerprint density at radius 2 is 2.04 bits per heavy atom. The summed E-state index contributed by atoms with van der Waals surface area (Å²) in [4.78, 5) is 16.7. The largest absolute Gasteiger partial charge is 0.431 e. The van der Waals surface area contributed by atoms with E-state index >= 15 is 0 Å². The van der Waals surface area contributed by atoms with Crippen LogP contribution in [0, 0.1) is 0 Å². The molecule has 0 N–H and O–H groups in total. The van der Waals surface area contributed by atoms with Gasteiger partial charge in [-0.25, -0.2) is 13.4 Å². The van der Waals surface area contributed by atoms with Crippen LogP contribution in [0.25, 0.3) is 11.1 Å². The molecule has 0 unspecified atom stereocenters.